The van der Waals surface area contributed by atoms with E-state index in [1.807, 2.05) is 13.8 Å². The molecule has 1 saturated heterocycles. The minimum atomic E-state index is -0.704. The van der Waals surface area contributed by atoms with E-state index in [0.717, 1.165) is 0 Å². The van der Waals surface area contributed by atoms with Crippen LogP contribution in [-0.2, 0) is 24.0 Å². The quantitative estimate of drug-likeness (QED) is 0.375. The van der Waals surface area contributed by atoms with Crippen molar-refractivity contribution in [2.45, 2.75) is 85.2 Å². The average Bonchev–Trinajstić information content (AvgIpc) is 2.96. The summed E-state index contributed by atoms with van der Waals surface area (Å²) in [7, 11) is 0. The number of likely N-dealkylation sites (tertiary alicyclic amines) is 1. The maximum atomic E-state index is 12.5. The van der Waals surface area contributed by atoms with Crippen molar-refractivity contribution in [2.75, 3.05) is 6.54 Å². The van der Waals surface area contributed by atoms with E-state index in [0.29, 0.717) is 38.6 Å². The molecule has 1 aliphatic heterocycles. The van der Waals surface area contributed by atoms with Crippen LogP contribution in [0.5, 0.6) is 0 Å². The first-order valence-electron chi connectivity index (χ1n) is 10.5. The first-order chi connectivity index (χ1) is 13.5. The van der Waals surface area contributed by atoms with E-state index in [1.165, 1.54) is 4.90 Å². The minimum absolute atomic E-state index is 0.0536. The molecule has 2 N–H and O–H groups in total. The summed E-state index contributed by atoms with van der Waals surface area (Å²) in [5.41, 5.74) is 0. The van der Waals surface area contributed by atoms with E-state index in [9.17, 15) is 24.0 Å². The fourth-order valence-electron chi connectivity index (χ4n) is 3.26. The Morgan fingerprint density at radius 2 is 1.48 bits per heavy atom. The van der Waals surface area contributed by atoms with Crippen molar-refractivity contribution >= 4 is 29.4 Å². The fraction of sp³-hybridized carbons (Fsp3) is 0.762. The largest absolute Gasteiger partial charge is 0.345 e. The third-order valence-electron chi connectivity index (χ3n) is 5.06. The summed E-state index contributed by atoms with van der Waals surface area (Å²) < 4.78 is 0. The molecule has 2 atom stereocenters. The van der Waals surface area contributed by atoms with Crippen LogP contribution in [0.2, 0.25) is 0 Å². The van der Waals surface area contributed by atoms with Gasteiger partial charge in [0, 0.05) is 31.7 Å². The number of nitrogens with one attached hydrogen (secondary N) is 2. The van der Waals surface area contributed by atoms with Crippen LogP contribution in [0, 0.1) is 11.8 Å². The maximum Gasteiger partial charge on any atom is 0.243 e. The maximum absolute atomic E-state index is 12.5. The highest BCUT2D eigenvalue weighted by atomic mass is 16.2. The van der Waals surface area contributed by atoms with E-state index >= 15 is 0 Å². The van der Waals surface area contributed by atoms with Crippen LogP contribution in [-0.4, -0.2) is 52.9 Å². The lowest BCUT2D eigenvalue weighted by atomic mass is 10.00. The summed E-state index contributed by atoms with van der Waals surface area (Å²) in [6.45, 7) is 9.28. The topological polar surface area (TPSA) is 113 Å². The number of carbonyl (C=O) groups is 5. The number of imide groups is 1. The predicted molar refractivity (Wildman–Crippen MR) is 109 cm³/mol. The summed E-state index contributed by atoms with van der Waals surface area (Å²) in [5, 5.41) is 5.45. The molecule has 8 heteroatoms. The lowest BCUT2D eigenvalue weighted by Gasteiger charge is -2.24. The molecular formula is C21H35N3O5. The zero-order chi connectivity index (χ0) is 22.1. The standard InChI is InChI=1S/C21H35N3O5/c1-13(2)19(21(29)22-15(5)20(28)14(3)4)23-16(25)9-7-6-8-12-24-17(26)10-11-18(24)27/h13-15,19H,6-12H2,1-5H3,(H,22,29)(H,23,25)/t15-,19-/m0/s1. The van der Waals surface area contributed by atoms with Gasteiger partial charge in [-0.2, -0.15) is 0 Å². The zero-order valence-corrected chi connectivity index (χ0v) is 18.2. The van der Waals surface area contributed by atoms with Crippen molar-refractivity contribution in [3.63, 3.8) is 0 Å². The molecule has 164 valence electrons. The number of ketones is 1. The molecule has 0 aromatic carbocycles. The Kier molecular flexibility index (Phi) is 9.98. The van der Waals surface area contributed by atoms with Crippen LogP contribution >= 0.6 is 0 Å². The van der Waals surface area contributed by atoms with E-state index in [2.05, 4.69) is 10.6 Å². The number of unbranched alkanes of at least 4 members (excludes halogenated alkanes) is 2. The van der Waals surface area contributed by atoms with Gasteiger partial charge < -0.3 is 10.6 Å². The van der Waals surface area contributed by atoms with Gasteiger partial charge in [0.25, 0.3) is 0 Å². The molecule has 0 aromatic rings. The molecular weight excluding hydrogens is 374 g/mol. The third-order valence-corrected chi connectivity index (χ3v) is 5.06. The van der Waals surface area contributed by atoms with Gasteiger partial charge in [0.1, 0.15) is 6.04 Å². The van der Waals surface area contributed by atoms with Gasteiger partial charge in [-0.05, 0) is 25.7 Å². The van der Waals surface area contributed by atoms with E-state index < -0.39 is 12.1 Å². The van der Waals surface area contributed by atoms with E-state index in [-0.39, 0.29) is 47.7 Å². The molecule has 0 aliphatic carbocycles. The summed E-state index contributed by atoms with van der Waals surface area (Å²) in [6, 6.07) is -1.30. The van der Waals surface area contributed by atoms with Gasteiger partial charge in [-0.3, -0.25) is 28.9 Å². The number of nitrogens with zero attached hydrogens (tertiary/aromatic N) is 1. The van der Waals surface area contributed by atoms with Crippen LogP contribution < -0.4 is 10.6 Å². The second kappa shape index (κ2) is 11.7. The summed E-state index contributed by atoms with van der Waals surface area (Å²) in [5.74, 6) is -1.18. The van der Waals surface area contributed by atoms with Gasteiger partial charge in [0.2, 0.25) is 23.6 Å². The Bertz CT molecular complexity index is 614. The van der Waals surface area contributed by atoms with E-state index in [1.54, 1.807) is 20.8 Å². The second-order valence-electron chi connectivity index (χ2n) is 8.33. The smallest absolute Gasteiger partial charge is 0.243 e. The number of hydrogen-bond acceptors (Lipinski definition) is 5. The van der Waals surface area contributed by atoms with Crippen LogP contribution in [0.25, 0.3) is 0 Å². The number of Topliss-reactive ketones (excluding diaryl/α,β-unsaturated/α-hetero) is 1. The molecule has 1 aliphatic rings. The van der Waals surface area contributed by atoms with Crippen molar-refractivity contribution in [3.05, 3.63) is 0 Å². The molecule has 0 bridgehead atoms. The lowest BCUT2D eigenvalue weighted by molar-refractivity contribution is -0.138. The van der Waals surface area contributed by atoms with Crippen LogP contribution in [0.15, 0.2) is 0 Å². The lowest BCUT2D eigenvalue weighted by Crippen LogP contribution is -2.53. The van der Waals surface area contributed by atoms with Crippen molar-refractivity contribution in [1.82, 2.24) is 15.5 Å². The second-order valence-corrected chi connectivity index (χ2v) is 8.33. The monoisotopic (exact) mass is 409 g/mol. The fourth-order valence-corrected chi connectivity index (χ4v) is 3.26. The number of carbonyl (C=O) groups excluding carboxylic acids is 5. The first kappa shape index (κ1) is 24.8. The van der Waals surface area contributed by atoms with Gasteiger partial charge in [0.15, 0.2) is 5.78 Å². The Labute approximate surface area is 173 Å². The molecule has 0 radical (unpaired) electrons. The van der Waals surface area contributed by atoms with Crippen LogP contribution in [0.1, 0.15) is 73.1 Å². The van der Waals surface area contributed by atoms with E-state index in [4.69, 9.17) is 0 Å². The molecule has 0 unspecified atom stereocenters. The van der Waals surface area contributed by atoms with Gasteiger partial charge in [-0.25, -0.2) is 0 Å². The van der Waals surface area contributed by atoms with Gasteiger partial charge >= 0.3 is 0 Å². The number of rotatable bonds is 12. The van der Waals surface area contributed by atoms with Crippen molar-refractivity contribution in [3.8, 4) is 0 Å². The summed E-state index contributed by atoms with van der Waals surface area (Å²) >= 11 is 0. The average molecular weight is 410 g/mol. The first-order valence-corrected chi connectivity index (χ1v) is 10.5. The Hall–Kier alpha value is -2.25. The Balaban J connectivity index is 2.38. The molecule has 29 heavy (non-hydrogen) atoms. The molecule has 0 saturated carbocycles. The molecule has 1 fully saturated rings. The van der Waals surface area contributed by atoms with Gasteiger partial charge in [-0.1, -0.05) is 34.1 Å². The summed E-state index contributed by atoms with van der Waals surface area (Å²) in [4.78, 5) is 61.1. The Morgan fingerprint density at radius 1 is 0.897 bits per heavy atom. The van der Waals surface area contributed by atoms with Gasteiger partial charge in [-0.15, -0.1) is 0 Å². The molecule has 1 rings (SSSR count). The molecule has 1 heterocycles. The van der Waals surface area contributed by atoms with Gasteiger partial charge in [0.05, 0.1) is 6.04 Å². The highest BCUT2D eigenvalue weighted by Gasteiger charge is 2.29. The van der Waals surface area contributed by atoms with Crippen molar-refractivity contribution in [1.29, 1.82) is 0 Å². The molecule has 4 amide bonds. The highest BCUT2D eigenvalue weighted by molar-refractivity contribution is 6.01. The number of amides is 4. The molecule has 0 spiro atoms. The highest BCUT2D eigenvalue weighted by Crippen LogP contribution is 2.13. The summed E-state index contributed by atoms with van der Waals surface area (Å²) in [6.07, 6.45) is 2.83. The normalized spacial score (nSPS) is 16.3. The SMILES string of the molecule is CC(C)C(=O)[C@H](C)NC(=O)[C@@H](NC(=O)CCCCCN1C(=O)CCC1=O)C(C)C. The number of hydrogen-bond donors (Lipinski definition) is 2. The molecule has 8 nitrogen and oxygen atoms in total. The molecule has 0 aromatic heterocycles. The minimum Gasteiger partial charge on any atom is -0.345 e. The predicted octanol–water partition coefficient (Wildman–Crippen LogP) is 1.57. The Morgan fingerprint density at radius 3 is 2.00 bits per heavy atom. The zero-order valence-electron chi connectivity index (χ0n) is 18.2. The van der Waals surface area contributed by atoms with Crippen molar-refractivity contribution < 1.29 is 24.0 Å². The van der Waals surface area contributed by atoms with Crippen LogP contribution in [0.3, 0.4) is 0 Å². The third kappa shape index (κ3) is 7.95. The van der Waals surface area contributed by atoms with Crippen LogP contribution in [0.4, 0.5) is 0 Å². The van der Waals surface area contributed by atoms with Crippen molar-refractivity contribution in [2.24, 2.45) is 11.8 Å².